The number of aryl methyl sites for hydroxylation is 1. The Kier molecular flexibility index (Phi) is 4.94. The van der Waals surface area contributed by atoms with Crippen molar-refractivity contribution in [1.29, 1.82) is 0 Å². The van der Waals surface area contributed by atoms with E-state index >= 15 is 0 Å². The van der Waals surface area contributed by atoms with E-state index in [4.69, 9.17) is 4.74 Å². The molecule has 0 aliphatic carbocycles. The molecule has 2 aromatic carbocycles. The molecule has 0 bridgehead atoms. The first-order valence-corrected chi connectivity index (χ1v) is 7.07. The van der Waals surface area contributed by atoms with Gasteiger partial charge in [-0.25, -0.2) is 0 Å². The predicted molar refractivity (Wildman–Crippen MR) is 81.6 cm³/mol. The number of ether oxygens (including phenoxy) is 1. The van der Waals surface area contributed by atoms with E-state index in [-0.39, 0.29) is 5.78 Å². The molecule has 0 saturated carbocycles. The van der Waals surface area contributed by atoms with Gasteiger partial charge in [-0.05, 0) is 49.2 Å². The lowest BCUT2D eigenvalue weighted by molar-refractivity contribution is 0.0979. The molecule has 0 atom stereocenters. The van der Waals surface area contributed by atoms with Crippen LogP contribution in [0, 0.1) is 6.92 Å². The first-order chi connectivity index (χ1) is 9.70. The van der Waals surface area contributed by atoms with Gasteiger partial charge in [0.25, 0.3) is 0 Å². The third-order valence-electron chi connectivity index (χ3n) is 3.23. The van der Waals surface area contributed by atoms with E-state index in [0.717, 1.165) is 35.5 Å². The molecule has 0 amide bonds. The summed E-state index contributed by atoms with van der Waals surface area (Å²) in [6.07, 6.45) is 2.61. The van der Waals surface area contributed by atoms with Crippen LogP contribution in [0.25, 0.3) is 0 Å². The Labute approximate surface area is 120 Å². The van der Waals surface area contributed by atoms with E-state index in [9.17, 15) is 4.79 Å². The second kappa shape index (κ2) is 6.90. The van der Waals surface area contributed by atoms with Gasteiger partial charge in [-0.3, -0.25) is 4.79 Å². The molecule has 0 heterocycles. The lowest BCUT2D eigenvalue weighted by atomic mass is 10.0. The lowest BCUT2D eigenvalue weighted by Crippen LogP contribution is -2.01. The van der Waals surface area contributed by atoms with Crippen LogP contribution in [0.2, 0.25) is 0 Å². The molecule has 104 valence electrons. The molecule has 0 fully saturated rings. The molecule has 2 nitrogen and oxygen atoms in total. The topological polar surface area (TPSA) is 26.3 Å². The summed E-state index contributed by atoms with van der Waals surface area (Å²) in [4.78, 5) is 12.1. The Morgan fingerprint density at radius 3 is 2.45 bits per heavy atom. The summed E-state index contributed by atoms with van der Waals surface area (Å²) in [6, 6.07) is 15.3. The van der Waals surface area contributed by atoms with E-state index in [1.165, 1.54) is 0 Å². The van der Waals surface area contributed by atoms with E-state index in [1.54, 1.807) is 0 Å². The Morgan fingerprint density at radius 2 is 1.80 bits per heavy atom. The van der Waals surface area contributed by atoms with Crippen LogP contribution < -0.4 is 4.74 Å². The SMILES string of the molecule is CCCCC(=O)c1ccc(Oc2ccccc2)cc1C. The summed E-state index contributed by atoms with van der Waals surface area (Å²) in [7, 11) is 0. The van der Waals surface area contributed by atoms with Gasteiger partial charge in [-0.1, -0.05) is 31.5 Å². The van der Waals surface area contributed by atoms with Gasteiger partial charge in [-0.15, -0.1) is 0 Å². The van der Waals surface area contributed by atoms with Crippen LogP contribution in [-0.2, 0) is 0 Å². The molecule has 0 aliphatic rings. The van der Waals surface area contributed by atoms with Crippen LogP contribution in [0.4, 0.5) is 0 Å². The molecule has 20 heavy (non-hydrogen) atoms. The summed E-state index contributed by atoms with van der Waals surface area (Å²) in [5, 5.41) is 0. The molecule has 0 unspecified atom stereocenters. The number of carbonyl (C=O) groups is 1. The maximum absolute atomic E-state index is 12.1. The molecule has 0 N–H and O–H groups in total. The van der Waals surface area contributed by atoms with Crippen molar-refractivity contribution in [3.63, 3.8) is 0 Å². The van der Waals surface area contributed by atoms with Crippen molar-refractivity contribution in [1.82, 2.24) is 0 Å². The minimum absolute atomic E-state index is 0.218. The Balaban J connectivity index is 2.11. The fourth-order valence-corrected chi connectivity index (χ4v) is 2.11. The highest BCUT2D eigenvalue weighted by atomic mass is 16.5. The number of hydrogen-bond acceptors (Lipinski definition) is 2. The molecular weight excluding hydrogens is 248 g/mol. The van der Waals surface area contributed by atoms with Crippen molar-refractivity contribution in [3.05, 3.63) is 59.7 Å². The Hall–Kier alpha value is -2.09. The molecule has 2 rings (SSSR count). The van der Waals surface area contributed by atoms with Crippen molar-refractivity contribution in [2.24, 2.45) is 0 Å². The average Bonchev–Trinajstić information content (AvgIpc) is 2.46. The monoisotopic (exact) mass is 268 g/mol. The highest BCUT2D eigenvalue weighted by Crippen LogP contribution is 2.24. The van der Waals surface area contributed by atoms with Gasteiger partial charge < -0.3 is 4.74 Å². The van der Waals surface area contributed by atoms with Crippen LogP contribution in [0.15, 0.2) is 48.5 Å². The summed E-state index contributed by atoms with van der Waals surface area (Å²) in [5.74, 6) is 1.79. The predicted octanol–water partition coefficient (Wildman–Crippen LogP) is 5.16. The van der Waals surface area contributed by atoms with Crippen LogP contribution in [0.1, 0.15) is 42.1 Å². The number of carbonyl (C=O) groups excluding carboxylic acids is 1. The number of unbranched alkanes of at least 4 members (excludes halogenated alkanes) is 1. The highest BCUT2D eigenvalue weighted by molar-refractivity contribution is 5.97. The van der Waals surface area contributed by atoms with Gasteiger partial charge in [0.05, 0.1) is 0 Å². The van der Waals surface area contributed by atoms with Gasteiger partial charge >= 0.3 is 0 Å². The number of rotatable bonds is 6. The third-order valence-corrected chi connectivity index (χ3v) is 3.23. The number of para-hydroxylation sites is 1. The normalized spacial score (nSPS) is 10.3. The first kappa shape index (κ1) is 14.3. The van der Waals surface area contributed by atoms with E-state index in [0.29, 0.717) is 6.42 Å². The smallest absolute Gasteiger partial charge is 0.163 e. The molecule has 0 aromatic heterocycles. The van der Waals surface area contributed by atoms with Gasteiger partial charge in [0.1, 0.15) is 11.5 Å². The first-order valence-electron chi connectivity index (χ1n) is 7.07. The van der Waals surface area contributed by atoms with Gasteiger partial charge in [0, 0.05) is 12.0 Å². The Morgan fingerprint density at radius 1 is 1.05 bits per heavy atom. The molecule has 0 saturated heterocycles. The van der Waals surface area contributed by atoms with Gasteiger partial charge in [0.15, 0.2) is 5.78 Å². The zero-order valence-corrected chi connectivity index (χ0v) is 12.1. The fraction of sp³-hybridized carbons (Fsp3) is 0.278. The largest absolute Gasteiger partial charge is 0.457 e. The van der Waals surface area contributed by atoms with Gasteiger partial charge in [-0.2, -0.15) is 0 Å². The summed E-state index contributed by atoms with van der Waals surface area (Å²) >= 11 is 0. The van der Waals surface area contributed by atoms with E-state index < -0.39 is 0 Å². The zero-order valence-electron chi connectivity index (χ0n) is 12.1. The summed E-state index contributed by atoms with van der Waals surface area (Å²) in [6.45, 7) is 4.05. The quantitative estimate of drug-likeness (QED) is 0.676. The van der Waals surface area contributed by atoms with E-state index in [2.05, 4.69) is 6.92 Å². The molecule has 2 heteroatoms. The van der Waals surface area contributed by atoms with Crippen LogP contribution >= 0.6 is 0 Å². The van der Waals surface area contributed by atoms with E-state index in [1.807, 2.05) is 55.5 Å². The lowest BCUT2D eigenvalue weighted by Gasteiger charge is -2.09. The Bertz CT molecular complexity index is 573. The number of Topliss-reactive ketones (excluding diaryl/α,β-unsaturated/α-hetero) is 1. The number of hydrogen-bond donors (Lipinski definition) is 0. The fourth-order valence-electron chi connectivity index (χ4n) is 2.11. The number of benzene rings is 2. The minimum Gasteiger partial charge on any atom is -0.457 e. The van der Waals surface area contributed by atoms with Crippen molar-refractivity contribution in [3.8, 4) is 11.5 Å². The van der Waals surface area contributed by atoms with Crippen LogP contribution in [0.3, 0.4) is 0 Å². The number of ketones is 1. The average molecular weight is 268 g/mol. The molecule has 0 radical (unpaired) electrons. The van der Waals surface area contributed by atoms with Crippen LogP contribution in [-0.4, -0.2) is 5.78 Å². The second-order valence-corrected chi connectivity index (χ2v) is 4.92. The van der Waals surface area contributed by atoms with Crippen molar-refractivity contribution in [2.75, 3.05) is 0 Å². The minimum atomic E-state index is 0.218. The van der Waals surface area contributed by atoms with Gasteiger partial charge in [0.2, 0.25) is 0 Å². The maximum atomic E-state index is 12.1. The molecule has 0 spiro atoms. The molecule has 2 aromatic rings. The van der Waals surface area contributed by atoms with Crippen LogP contribution in [0.5, 0.6) is 11.5 Å². The second-order valence-electron chi connectivity index (χ2n) is 4.92. The summed E-state index contributed by atoms with van der Waals surface area (Å²) in [5.41, 5.74) is 1.78. The maximum Gasteiger partial charge on any atom is 0.163 e. The standard InChI is InChI=1S/C18H20O2/c1-3-4-10-18(19)17-12-11-16(13-14(17)2)20-15-8-6-5-7-9-15/h5-9,11-13H,3-4,10H2,1-2H3. The molecule has 0 aliphatic heterocycles. The van der Waals surface area contributed by atoms with Crippen molar-refractivity contribution in [2.45, 2.75) is 33.1 Å². The third kappa shape index (κ3) is 3.70. The van der Waals surface area contributed by atoms with Crippen molar-refractivity contribution < 1.29 is 9.53 Å². The highest BCUT2D eigenvalue weighted by Gasteiger charge is 2.09. The summed E-state index contributed by atoms with van der Waals surface area (Å²) < 4.78 is 5.76. The van der Waals surface area contributed by atoms with Crippen molar-refractivity contribution >= 4 is 5.78 Å². The molecular formula is C18H20O2. The zero-order chi connectivity index (χ0) is 14.4.